The molecule has 0 saturated heterocycles. The lowest BCUT2D eigenvalue weighted by Gasteiger charge is -2.13. The Bertz CT molecular complexity index is 657. The van der Waals surface area contributed by atoms with Crippen LogP contribution in [-0.2, 0) is 12.8 Å². The number of hydrogen-bond donors (Lipinski definition) is 2. The molecule has 0 aromatic carbocycles. The van der Waals surface area contributed by atoms with Crippen molar-refractivity contribution in [1.29, 1.82) is 5.41 Å². The molecule has 0 radical (unpaired) electrons. The van der Waals surface area contributed by atoms with Gasteiger partial charge in [-0.3, -0.25) is 5.41 Å². The van der Waals surface area contributed by atoms with Crippen molar-refractivity contribution in [3.05, 3.63) is 40.2 Å². The van der Waals surface area contributed by atoms with Gasteiger partial charge in [0.1, 0.15) is 15.9 Å². The highest BCUT2D eigenvalue weighted by Gasteiger charge is 2.18. The molecule has 110 valence electrons. The van der Waals surface area contributed by atoms with E-state index in [-0.39, 0.29) is 5.84 Å². The number of halogens is 1. The second-order valence-corrected chi connectivity index (χ2v) is 5.79. The van der Waals surface area contributed by atoms with E-state index < -0.39 is 0 Å². The summed E-state index contributed by atoms with van der Waals surface area (Å²) in [5.41, 5.74) is 8.28. The number of rotatable bonds is 5. The molecule has 0 atom stereocenters. The number of nitrogens with one attached hydrogen (secondary N) is 1. The molecule has 0 spiro atoms. The van der Waals surface area contributed by atoms with E-state index >= 15 is 0 Å². The molecule has 2 aromatic rings. The zero-order valence-electron chi connectivity index (χ0n) is 11.9. The van der Waals surface area contributed by atoms with Crippen LogP contribution in [0.1, 0.15) is 30.7 Å². The number of nitrogens with two attached hydrogens (primary N) is 1. The Labute approximate surface area is 132 Å². The van der Waals surface area contributed by atoms with Crippen LogP contribution in [0.2, 0.25) is 5.02 Å². The van der Waals surface area contributed by atoms with E-state index in [4.69, 9.17) is 22.7 Å². The van der Waals surface area contributed by atoms with Gasteiger partial charge in [-0.1, -0.05) is 25.4 Å². The molecular formula is C14H16ClN5S. The number of nitrogens with zero attached hydrogens (tertiary/aromatic N) is 3. The Morgan fingerprint density at radius 2 is 2.05 bits per heavy atom. The molecule has 2 heterocycles. The van der Waals surface area contributed by atoms with Crippen molar-refractivity contribution in [2.75, 3.05) is 0 Å². The molecule has 21 heavy (non-hydrogen) atoms. The van der Waals surface area contributed by atoms with E-state index in [0.29, 0.717) is 15.6 Å². The van der Waals surface area contributed by atoms with Crippen LogP contribution in [-0.4, -0.2) is 21.0 Å². The number of nitrogen functional groups attached to an aromatic ring is 1. The number of amidine groups is 1. The van der Waals surface area contributed by atoms with Crippen molar-refractivity contribution < 1.29 is 0 Å². The first-order valence-corrected chi connectivity index (χ1v) is 7.78. The van der Waals surface area contributed by atoms with Crippen LogP contribution in [0.15, 0.2) is 28.4 Å². The molecule has 0 unspecified atom stereocenters. The summed E-state index contributed by atoms with van der Waals surface area (Å²) in [4.78, 5) is 4.22. The molecule has 0 amide bonds. The maximum Gasteiger partial charge on any atom is 0.136 e. The third-order valence-corrected chi connectivity index (χ3v) is 4.14. The summed E-state index contributed by atoms with van der Waals surface area (Å²) < 4.78 is 0. The number of aryl methyl sites for hydroxylation is 1. The first kappa shape index (κ1) is 15.7. The fraction of sp³-hybridized carbons (Fsp3) is 0.286. The third-order valence-electron chi connectivity index (χ3n) is 2.98. The summed E-state index contributed by atoms with van der Waals surface area (Å²) >= 11 is 7.17. The van der Waals surface area contributed by atoms with Crippen LogP contribution >= 0.6 is 23.4 Å². The highest BCUT2D eigenvalue weighted by Crippen LogP contribution is 2.30. The SMILES string of the molecule is CCc1nnc(Sc2ccc(Cl)cn2)c(C(=N)N)c1CC. The molecule has 5 nitrogen and oxygen atoms in total. The standard InChI is InChI=1S/C14H16ClN5S/c1-3-9-10(4-2)19-20-14(12(9)13(16)17)21-11-6-5-8(15)7-18-11/h5-7H,3-4H2,1-2H3,(H3,16,17). The first-order valence-electron chi connectivity index (χ1n) is 6.59. The van der Waals surface area contributed by atoms with Gasteiger partial charge in [-0.2, -0.15) is 5.10 Å². The zero-order chi connectivity index (χ0) is 15.4. The largest absolute Gasteiger partial charge is 0.384 e. The minimum atomic E-state index is 0.00733. The Morgan fingerprint density at radius 1 is 1.29 bits per heavy atom. The zero-order valence-corrected chi connectivity index (χ0v) is 13.4. The van der Waals surface area contributed by atoms with Crippen LogP contribution in [0, 0.1) is 5.41 Å². The molecule has 3 N–H and O–H groups in total. The molecule has 0 fully saturated rings. The summed E-state index contributed by atoms with van der Waals surface area (Å²) in [5.74, 6) is 0.00733. The Hall–Kier alpha value is -1.66. The number of hydrogen-bond acceptors (Lipinski definition) is 5. The van der Waals surface area contributed by atoms with Crippen LogP contribution < -0.4 is 5.73 Å². The molecule has 0 aliphatic rings. The van der Waals surface area contributed by atoms with Gasteiger partial charge in [0.25, 0.3) is 0 Å². The van der Waals surface area contributed by atoms with Gasteiger partial charge in [0.05, 0.1) is 16.3 Å². The summed E-state index contributed by atoms with van der Waals surface area (Å²) in [6.07, 6.45) is 3.10. The maximum absolute atomic E-state index is 7.85. The second kappa shape index (κ2) is 6.87. The minimum absolute atomic E-state index is 0.00733. The van der Waals surface area contributed by atoms with Crippen molar-refractivity contribution in [1.82, 2.24) is 15.2 Å². The summed E-state index contributed by atoms with van der Waals surface area (Å²) in [6.45, 7) is 4.04. The highest BCUT2D eigenvalue weighted by molar-refractivity contribution is 7.99. The van der Waals surface area contributed by atoms with Gasteiger partial charge in [0.2, 0.25) is 0 Å². The monoisotopic (exact) mass is 321 g/mol. The Kier molecular flexibility index (Phi) is 5.14. The van der Waals surface area contributed by atoms with Gasteiger partial charge in [-0.05, 0) is 42.3 Å². The van der Waals surface area contributed by atoms with Gasteiger partial charge in [0, 0.05) is 6.20 Å². The first-order chi connectivity index (χ1) is 10.1. The summed E-state index contributed by atoms with van der Waals surface area (Å²) in [7, 11) is 0. The van der Waals surface area contributed by atoms with Crippen molar-refractivity contribution in [2.24, 2.45) is 5.73 Å². The van der Waals surface area contributed by atoms with Crippen molar-refractivity contribution in [2.45, 2.75) is 36.7 Å². The van der Waals surface area contributed by atoms with Gasteiger partial charge in [-0.15, -0.1) is 5.10 Å². The number of pyridine rings is 1. The minimum Gasteiger partial charge on any atom is -0.384 e. The molecule has 0 saturated carbocycles. The maximum atomic E-state index is 7.85. The lowest BCUT2D eigenvalue weighted by Crippen LogP contribution is -2.18. The van der Waals surface area contributed by atoms with Crippen LogP contribution in [0.3, 0.4) is 0 Å². The second-order valence-electron chi connectivity index (χ2n) is 4.34. The van der Waals surface area contributed by atoms with E-state index in [9.17, 15) is 0 Å². The molecule has 2 aromatic heterocycles. The van der Waals surface area contributed by atoms with Crippen LogP contribution in [0.25, 0.3) is 0 Å². The topological polar surface area (TPSA) is 88.5 Å². The van der Waals surface area contributed by atoms with Crippen molar-refractivity contribution >= 4 is 29.2 Å². The van der Waals surface area contributed by atoms with Crippen LogP contribution in [0.4, 0.5) is 0 Å². The highest BCUT2D eigenvalue weighted by atomic mass is 35.5. The van der Waals surface area contributed by atoms with Gasteiger partial charge in [-0.25, -0.2) is 4.98 Å². The lowest BCUT2D eigenvalue weighted by molar-refractivity contribution is 0.818. The van der Waals surface area contributed by atoms with Crippen molar-refractivity contribution in [3.63, 3.8) is 0 Å². The van der Waals surface area contributed by atoms with Crippen molar-refractivity contribution in [3.8, 4) is 0 Å². The van der Waals surface area contributed by atoms with Crippen LogP contribution in [0.5, 0.6) is 0 Å². The van der Waals surface area contributed by atoms with Gasteiger partial charge >= 0.3 is 0 Å². The van der Waals surface area contributed by atoms with E-state index in [1.54, 1.807) is 18.3 Å². The average Bonchev–Trinajstić information content (AvgIpc) is 2.48. The molecule has 7 heteroatoms. The smallest absolute Gasteiger partial charge is 0.136 e. The summed E-state index contributed by atoms with van der Waals surface area (Å²) in [6, 6.07) is 3.57. The third kappa shape index (κ3) is 3.51. The Balaban J connectivity index is 2.48. The fourth-order valence-electron chi connectivity index (χ4n) is 2.03. The number of aromatic nitrogens is 3. The molecule has 0 aliphatic carbocycles. The summed E-state index contributed by atoms with van der Waals surface area (Å²) in [5, 5.41) is 18.2. The normalized spacial score (nSPS) is 10.6. The predicted molar refractivity (Wildman–Crippen MR) is 85.2 cm³/mol. The average molecular weight is 322 g/mol. The molecule has 0 bridgehead atoms. The van der Waals surface area contributed by atoms with E-state index in [2.05, 4.69) is 15.2 Å². The van der Waals surface area contributed by atoms with E-state index in [1.165, 1.54) is 11.8 Å². The Morgan fingerprint density at radius 3 is 2.57 bits per heavy atom. The van der Waals surface area contributed by atoms with E-state index in [0.717, 1.165) is 29.1 Å². The molecule has 2 rings (SSSR count). The van der Waals surface area contributed by atoms with Gasteiger partial charge in [0.15, 0.2) is 0 Å². The molecular weight excluding hydrogens is 306 g/mol. The van der Waals surface area contributed by atoms with E-state index in [1.807, 2.05) is 13.8 Å². The quantitative estimate of drug-likeness (QED) is 0.652. The molecule has 0 aliphatic heterocycles. The fourth-order valence-corrected chi connectivity index (χ4v) is 2.99. The predicted octanol–water partition coefficient (Wildman–Crippen LogP) is 3.09. The lowest BCUT2D eigenvalue weighted by atomic mass is 10.0. The van der Waals surface area contributed by atoms with Gasteiger partial charge < -0.3 is 5.73 Å².